The molecule has 0 aliphatic carbocycles. The smallest absolute Gasteiger partial charge is 0.233 e. The number of likely N-dealkylation sites (tertiary alicyclic amines) is 1. The molecule has 0 bridgehead atoms. The SMILES string of the molecule is CC1=Nc2nc3ccccc3n2C(c2cccc(Cl)c2)C1C(=O)N1CCCCC1. The number of carbonyl (C=O) groups excluding carboxylic acids is 1. The summed E-state index contributed by atoms with van der Waals surface area (Å²) >= 11 is 6.35. The highest BCUT2D eigenvalue weighted by Crippen LogP contribution is 2.41. The van der Waals surface area contributed by atoms with Gasteiger partial charge in [0.15, 0.2) is 0 Å². The highest BCUT2D eigenvalue weighted by molar-refractivity contribution is 6.30. The van der Waals surface area contributed by atoms with Crippen molar-refractivity contribution in [2.45, 2.75) is 32.2 Å². The van der Waals surface area contributed by atoms with Gasteiger partial charge in [0.2, 0.25) is 11.9 Å². The van der Waals surface area contributed by atoms with Gasteiger partial charge in [-0.3, -0.25) is 9.36 Å². The number of piperidine rings is 1. The largest absolute Gasteiger partial charge is 0.342 e. The Morgan fingerprint density at radius 1 is 1.07 bits per heavy atom. The number of imidazole rings is 1. The lowest BCUT2D eigenvalue weighted by atomic mass is 9.86. The number of halogens is 1. The Kier molecular flexibility index (Phi) is 4.63. The van der Waals surface area contributed by atoms with Gasteiger partial charge in [-0.15, -0.1) is 0 Å². The first-order chi connectivity index (χ1) is 14.1. The average Bonchev–Trinajstić information content (AvgIpc) is 3.10. The van der Waals surface area contributed by atoms with Crippen LogP contribution in [-0.4, -0.2) is 39.2 Å². The molecule has 2 atom stereocenters. The Hall–Kier alpha value is -2.66. The van der Waals surface area contributed by atoms with Gasteiger partial charge < -0.3 is 4.90 Å². The second-order valence-corrected chi connectivity index (χ2v) is 8.32. The van der Waals surface area contributed by atoms with E-state index in [4.69, 9.17) is 21.6 Å². The van der Waals surface area contributed by atoms with E-state index < -0.39 is 0 Å². The topological polar surface area (TPSA) is 50.5 Å². The van der Waals surface area contributed by atoms with Crippen molar-refractivity contribution in [3.8, 4) is 0 Å². The molecule has 5 nitrogen and oxygen atoms in total. The summed E-state index contributed by atoms with van der Waals surface area (Å²) < 4.78 is 2.11. The van der Waals surface area contributed by atoms with Crippen LogP contribution < -0.4 is 0 Å². The summed E-state index contributed by atoms with van der Waals surface area (Å²) in [7, 11) is 0. The van der Waals surface area contributed by atoms with Gasteiger partial charge in [-0.2, -0.15) is 0 Å². The van der Waals surface area contributed by atoms with Crippen LogP contribution >= 0.6 is 11.6 Å². The summed E-state index contributed by atoms with van der Waals surface area (Å²) in [5.41, 5.74) is 3.69. The number of benzene rings is 2. The van der Waals surface area contributed by atoms with Crippen LogP contribution in [0, 0.1) is 5.92 Å². The summed E-state index contributed by atoms with van der Waals surface area (Å²) in [6.07, 6.45) is 3.32. The molecule has 0 saturated carbocycles. The number of para-hydroxylation sites is 2. The lowest BCUT2D eigenvalue weighted by Crippen LogP contribution is -2.46. The molecular weight excluding hydrogens is 384 g/mol. The standard InChI is InChI=1S/C23H23ClN4O/c1-15-20(22(29)27-12-5-2-6-13-27)21(16-8-7-9-17(24)14-16)28-19-11-4-3-10-18(19)26-23(28)25-15/h3-4,7-11,14,20-21H,2,5-6,12-13H2,1H3. The van der Waals surface area contributed by atoms with E-state index in [1.165, 1.54) is 6.42 Å². The molecule has 3 heterocycles. The number of aliphatic imine (C=N–C) groups is 1. The molecule has 29 heavy (non-hydrogen) atoms. The van der Waals surface area contributed by atoms with Crippen LogP contribution in [0.15, 0.2) is 53.5 Å². The Bertz CT molecular complexity index is 1110. The predicted molar refractivity (Wildman–Crippen MR) is 116 cm³/mol. The monoisotopic (exact) mass is 406 g/mol. The number of nitrogens with zero attached hydrogens (tertiary/aromatic N) is 4. The van der Waals surface area contributed by atoms with Crippen LogP contribution in [0.1, 0.15) is 37.8 Å². The fraction of sp³-hybridized carbons (Fsp3) is 0.348. The minimum absolute atomic E-state index is 0.152. The van der Waals surface area contributed by atoms with Crippen LogP contribution in [0.25, 0.3) is 11.0 Å². The van der Waals surface area contributed by atoms with Crippen molar-refractivity contribution in [1.29, 1.82) is 0 Å². The van der Waals surface area contributed by atoms with Crippen molar-refractivity contribution in [2.24, 2.45) is 10.9 Å². The van der Waals surface area contributed by atoms with Gasteiger partial charge >= 0.3 is 0 Å². The Balaban J connectivity index is 1.70. The molecule has 0 radical (unpaired) electrons. The maximum absolute atomic E-state index is 13.7. The predicted octanol–water partition coefficient (Wildman–Crippen LogP) is 5.01. The first-order valence-electron chi connectivity index (χ1n) is 10.2. The molecule has 6 heteroatoms. The zero-order valence-electron chi connectivity index (χ0n) is 16.4. The van der Waals surface area contributed by atoms with Gasteiger partial charge in [0.05, 0.1) is 17.1 Å². The van der Waals surface area contributed by atoms with Crippen LogP contribution in [0.5, 0.6) is 0 Å². The van der Waals surface area contributed by atoms with Crippen molar-refractivity contribution >= 4 is 40.2 Å². The van der Waals surface area contributed by atoms with Gasteiger partial charge in [-0.05, 0) is 56.0 Å². The van der Waals surface area contributed by atoms with E-state index in [0.717, 1.165) is 48.2 Å². The van der Waals surface area contributed by atoms with E-state index in [1.54, 1.807) is 0 Å². The molecular formula is C23H23ClN4O. The summed E-state index contributed by atoms with van der Waals surface area (Å²) in [6, 6.07) is 15.6. The molecule has 5 rings (SSSR count). The summed E-state index contributed by atoms with van der Waals surface area (Å²) in [5.74, 6) is 0.437. The van der Waals surface area contributed by atoms with Crippen molar-refractivity contribution in [1.82, 2.24) is 14.5 Å². The first kappa shape index (κ1) is 18.4. The minimum Gasteiger partial charge on any atom is -0.342 e. The number of rotatable bonds is 2. The van der Waals surface area contributed by atoms with E-state index in [0.29, 0.717) is 11.0 Å². The second kappa shape index (κ2) is 7.30. The number of aromatic nitrogens is 2. The third kappa shape index (κ3) is 3.14. The number of fused-ring (bicyclic) bond motifs is 3. The van der Waals surface area contributed by atoms with Crippen LogP contribution in [0.4, 0.5) is 5.95 Å². The van der Waals surface area contributed by atoms with Crippen molar-refractivity contribution < 1.29 is 4.79 Å². The third-order valence-electron chi connectivity index (χ3n) is 6.02. The highest BCUT2D eigenvalue weighted by Gasteiger charge is 2.41. The highest BCUT2D eigenvalue weighted by atomic mass is 35.5. The Labute approximate surface area is 175 Å². The molecule has 0 spiro atoms. The van der Waals surface area contributed by atoms with Crippen molar-refractivity contribution in [2.75, 3.05) is 13.1 Å². The second-order valence-electron chi connectivity index (χ2n) is 7.89. The third-order valence-corrected chi connectivity index (χ3v) is 6.26. The van der Waals surface area contributed by atoms with Crippen LogP contribution in [0.2, 0.25) is 5.02 Å². The molecule has 1 saturated heterocycles. The van der Waals surface area contributed by atoms with Gasteiger partial charge in [-0.25, -0.2) is 9.98 Å². The maximum atomic E-state index is 13.7. The average molecular weight is 407 g/mol. The number of amides is 1. The van der Waals surface area contributed by atoms with Gasteiger partial charge in [-0.1, -0.05) is 35.9 Å². The zero-order chi connectivity index (χ0) is 20.0. The fourth-order valence-electron chi connectivity index (χ4n) is 4.65. The quantitative estimate of drug-likeness (QED) is 0.600. The van der Waals surface area contributed by atoms with Gasteiger partial charge in [0.1, 0.15) is 5.92 Å². The van der Waals surface area contributed by atoms with Gasteiger partial charge in [0, 0.05) is 23.8 Å². The zero-order valence-corrected chi connectivity index (χ0v) is 17.1. The molecule has 1 fully saturated rings. The Morgan fingerprint density at radius 3 is 2.66 bits per heavy atom. The van der Waals surface area contributed by atoms with Gasteiger partial charge in [0.25, 0.3) is 0 Å². The minimum atomic E-state index is -0.364. The number of carbonyl (C=O) groups is 1. The van der Waals surface area contributed by atoms with Crippen LogP contribution in [-0.2, 0) is 4.79 Å². The van der Waals surface area contributed by atoms with E-state index in [-0.39, 0.29) is 17.9 Å². The molecule has 2 unspecified atom stereocenters. The van der Waals surface area contributed by atoms with E-state index in [2.05, 4.69) is 4.57 Å². The molecule has 3 aromatic rings. The summed E-state index contributed by atoms with van der Waals surface area (Å²) in [4.78, 5) is 25.2. The van der Waals surface area contributed by atoms with E-state index in [9.17, 15) is 4.79 Å². The lowest BCUT2D eigenvalue weighted by Gasteiger charge is -2.37. The van der Waals surface area contributed by atoms with E-state index >= 15 is 0 Å². The molecule has 0 N–H and O–H groups in total. The fourth-order valence-corrected chi connectivity index (χ4v) is 4.85. The normalized spacial score (nSPS) is 21.7. The maximum Gasteiger partial charge on any atom is 0.233 e. The Morgan fingerprint density at radius 2 is 1.86 bits per heavy atom. The van der Waals surface area contributed by atoms with Crippen molar-refractivity contribution in [3.63, 3.8) is 0 Å². The molecule has 148 valence electrons. The summed E-state index contributed by atoms with van der Waals surface area (Å²) in [6.45, 7) is 3.59. The van der Waals surface area contributed by atoms with Crippen molar-refractivity contribution in [3.05, 3.63) is 59.1 Å². The van der Waals surface area contributed by atoms with Crippen LogP contribution in [0.3, 0.4) is 0 Å². The number of hydrogen-bond donors (Lipinski definition) is 0. The number of hydrogen-bond acceptors (Lipinski definition) is 3. The lowest BCUT2D eigenvalue weighted by molar-refractivity contribution is -0.135. The van der Waals surface area contributed by atoms with E-state index in [1.807, 2.05) is 60.4 Å². The molecule has 2 aromatic carbocycles. The molecule has 2 aliphatic rings. The molecule has 1 aromatic heterocycles. The summed E-state index contributed by atoms with van der Waals surface area (Å²) in [5, 5.41) is 0.665. The molecule has 2 aliphatic heterocycles. The molecule has 1 amide bonds. The first-order valence-corrected chi connectivity index (χ1v) is 10.6.